The van der Waals surface area contributed by atoms with Crippen LogP contribution >= 0.6 is 0 Å². The van der Waals surface area contributed by atoms with Crippen LogP contribution in [0.2, 0.25) is 0 Å². The number of hydrogen-bond donors (Lipinski definition) is 5. The number of rotatable bonds is 8. The van der Waals surface area contributed by atoms with Crippen molar-refractivity contribution in [2.45, 2.75) is 30.7 Å². The molecule has 5 N–H and O–H groups in total. The summed E-state index contributed by atoms with van der Waals surface area (Å²) in [7, 11) is 4.22. The van der Waals surface area contributed by atoms with Crippen molar-refractivity contribution in [3.05, 3.63) is 70.9 Å². The van der Waals surface area contributed by atoms with E-state index in [1.807, 2.05) is 0 Å². The first-order valence-electron chi connectivity index (χ1n) is 13.0. The third kappa shape index (κ3) is 5.79. The number of hydrogen-bond acceptors (Lipinski definition) is 12. The minimum absolute atomic E-state index is 0.0914. The van der Waals surface area contributed by atoms with Gasteiger partial charge in [0.05, 0.1) is 21.3 Å². The summed E-state index contributed by atoms with van der Waals surface area (Å²) in [6, 6.07) is 15.5. The molecule has 1 aliphatic rings. The lowest BCUT2D eigenvalue weighted by atomic mass is 9.98. The number of carbonyl (C=O) groups excluding carboxylic acids is 1. The number of aliphatic hydroxyl groups excluding tert-OH is 3. The second-order valence-corrected chi connectivity index (χ2v) is 9.57. The quantitative estimate of drug-likeness (QED) is 0.200. The van der Waals surface area contributed by atoms with Crippen molar-refractivity contribution in [3.8, 4) is 40.1 Å². The Morgan fingerprint density at radius 1 is 0.837 bits per heavy atom. The van der Waals surface area contributed by atoms with Gasteiger partial charge in [-0.15, -0.1) is 0 Å². The van der Waals surface area contributed by atoms with Crippen LogP contribution in [0.25, 0.3) is 22.3 Å². The second kappa shape index (κ2) is 12.2. The summed E-state index contributed by atoms with van der Waals surface area (Å²) in [5.74, 6) is -0.654. The molecule has 43 heavy (non-hydrogen) atoms. The Labute approximate surface area is 244 Å². The lowest BCUT2D eigenvalue weighted by molar-refractivity contribution is -0.265. The van der Waals surface area contributed by atoms with Crippen LogP contribution in [-0.2, 0) is 9.53 Å². The normalized spacial score (nSPS) is 21.7. The van der Waals surface area contributed by atoms with Gasteiger partial charge >= 0.3 is 0 Å². The van der Waals surface area contributed by atoms with Crippen molar-refractivity contribution in [1.82, 2.24) is 0 Å². The Hall–Kier alpha value is -4.82. The van der Waals surface area contributed by atoms with Crippen molar-refractivity contribution in [2.75, 3.05) is 26.6 Å². The number of anilines is 1. The van der Waals surface area contributed by atoms with Gasteiger partial charge in [0.1, 0.15) is 46.5 Å². The van der Waals surface area contributed by atoms with E-state index in [9.17, 15) is 30.0 Å². The zero-order valence-corrected chi connectivity index (χ0v) is 23.2. The van der Waals surface area contributed by atoms with Crippen molar-refractivity contribution < 1.29 is 53.3 Å². The number of aromatic hydroxyl groups is 1. The minimum atomic E-state index is -1.86. The van der Waals surface area contributed by atoms with Crippen molar-refractivity contribution in [3.63, 3.8) is 0 Å². The lowest BCUT2D eigenvalue weighted by Crippen LogP contribution is -2.62. The molecule has 13 heteroatoms. The Balaban J connectivity index is 1.46. The highest BCUT2D eigenvalue weighted by Gasteiger charge is 2.48. The third-order valence-electron chi connectivity index (χ3n) is 6.92. The molecule has 0 bridgehead atoms. The molecule has 1 saturated heterocycles. The summed E-state index contributed by atoms with van der Waals surface area (Å²) in [6.07, 6.45) is -8.91. The first-order valence-corrected chi connectivity index (χ1v) is 13.0. The molecular formula is C30H29NO12. The van der Waals surface area contributed by atoms with Crippen LogP contribution in [0.15, 0.2) is 69.9 Å². The third-order valence-corrected chi connectivity index (χ3v) is 6.92. The standard InChI is InChI=1S/C30H29NO12/c1-38-16-8-4-14(5-9-16)19-12-18(32)22-20(41-19)13-21(27(40-3)23(22)33)42-30-26(36)24(34)25(35)28(43-30)29(37)31-15-6-10-17(39-2)11-7-15/h4-13,24-26,28,30,33-36H,1-3H3,(H,31,37). The van der Waals surface area contributed by atoms with Crippen molar-refractivity contribution in [1.29, 1.82) is 0 Å². The SMILES string of the molecule is COc1ccc(NC(=O)C2OC(Oc3cc4oc(-c5ccc(OC)cc5)cc(=O)c4c(O)c3OC)C(O)C(O)C2O)cc1. The fourth-order valence-corrected chi connectivity index (χ4v) is 4.62. The molecule has 1 amide bonds. The molecule has 1 fully saturated rings. The van der Waals surface area contributed by atoms with E-state index in [0.29, 0.717) is 22.7 Å². The molecule has 0 radical (unpaired) electrons. The molecule has 5 rings (SSSR count). The van der Waals surface area contributed by atoms with E-state index in [4.69, 9.17) is 28.1 Å². The minimum Gasteiger partial charge on any atom is -0.504 e. The number of amides is 1. The Morgan fingerprint density at radius 2 is 1.47 bits per heavy atom. The Morgan fingerprint density at radius 3 is 2.07 bits per heavy atom. The van der Waals surface area contributed by atoms with Crippen LogP contribution in [0.3, 0.4) is 0 Å². The number of nitrogens with one attached hydrogen (secondary N) is 1. The van der Waals surface area contributed by atoms with E-state index in [1.54, 1.807) is 48.5 Å². The second-order valence-electron chi connectivity index (χ2n) is 9.57. The number of ether oxygens (including phenoxy) is 5. The van der Waals surface area contributed by atoms with Gasteiger partial charge < -0.3 is 53.8 Å². The van der Waals surface area contributed by atoms with Crippen LogP contribution < -0.4 is 29.7 Å². The molecule has 0 saturated carbocycles. The number of methoxy groups -OCH3 is 3. The number of benzene rings is 3. The molecule has 0 spiro atoms. The first-order chi connectivity index (χ1) is 20.6. The van der Waals surface area contributed by atoms with Gasteiger partial charge in [0.25, 0.3) is 5.91 Å². The van der Waals surface area contributed by atoms with Gasteiger partial charge in [-0.2, -0.15) is 0 Å². The molecule has 13 nitrogen and oxygen atoms in total. The highest BCUT2D eigenvalue weighted by Crippen LogP contribution is 2.43. The van der Waals surface area contributed by atoms with E-state index in [0.717, 1.165) is 0 Å². The molecule has 5 atom stereocenters. The summed E-state index contributed by atoms with van der Waals surface area (Å²) in [6.45, 7) is 0. The predicted octanol–water partition coefficient (Wildman–Crippen LogP) is 2.02. The number of phenols is 1. The first kappa shape index (κ1) is 29.7. The summed E-state index contributed by atoms with van der Waals surface area (Å²) in [5.41, 5.74) is 0.235. The van der Waals surface area contributed by atoms with Crippen molar-refractivity contribution >= 4 is 22.6 Å². The molecule has 226 valence electrons. The number of fused-ring (bicyclic) bond motifs is 1. The summed E-state index contributed by atoms with van der Waals surface area (Å²) < 4.78 is 32.8. The fourth-order valence-electron chi connectivity index (χ4n) is 4.62. The monoisotopic (exact) mass is 595 g/mol. The van der Waals surface area contributed by atoms with E-state index in [-0.39, 0.29) is 28.2 Å². The Kier molecular flexibility index (Phi) is 8.41. The highest BCUT2D eigenvalue weighted by molar-refractivity contribution is 5.95. The molecule has 1 aliphatic heterocycles. The van der Waals surface area contributed by atoms with Gasteiger partial charge in [-0.1, -0.05) is 0 Å². The largest absolute Gasteiger partial charge is 0.504 e. The summed E-state index contributed by atoms with van der Waals surface area (Å²) >= 11 is 0. The van der Waals surface area contributed by atoms with Crippen LogP contribution in [0.4, 0.5) is 5.69 Å². The molecule has 2 heterocycles. The number of carbonyl (C=O) groups is 1. The van der Waals surface area contributed by atoms with Crippen LogP contribution in [0, 0.1) is 0 Å². The molecular weight excluding hydrogens is 566 g/mol. The smallest absolute Gasteiger partial charge is 0.256 e. The van der Waals surface area contributed by atoms with Gasteiger partial charge in [0, 0.05) is 23.4 Å². The fraction of sp³-hybridized carbons (Fsp3) is 0.267. The molecule has 4 aromatic rings. The lowest BCUT2D eigenvalue weighted by Gasteiger charge is -2.39. The number of phenolic OH excluding ortho intramolecular Hbond substituents is 1. The van der Waals surface area contributed by atoms with E-state index in [2.05, 4.69) is 5.32 Å². The topological polar surface area (TPSA) is 186 Å². The Bertz CT molecular complexity index is 1670. The predicted molar refractivity (Wildman–Crippen MR) is 152 cm³/mol. The zero-order valence-electron chi connectivity index (χ0n) is 23.2. The molecule has 0 aliphatic carbocycles. The van der Waals surface area contributed by atoms with Gasteiger partial charge in [-0.05, 0) is 48.5 Å². The molecule has 5 unspecified atom stereocenters. The maximum absolute atomic E-state index is 13.0. The zero-order chi connectivity index (χ0) is 30.8. The maximum Gasteiger partial charge on any atom is 0.256 e. The molecule has 1 aromatic heterocycles. The van der Waals surface area contributed by atoms with Crippen LogP contribution in [0.5, 0.6) is 28.7 Å². The van der Waals surface area contributed by atoms with E-state index < -0.39 is 47.8 Å². The van der Waals surface area contributed by atoms with Crippen LogP contribution in [-0.4, -0.2) is 78.4 Å². The van der Waals surface area contributed by atoms with Crippen LogP contribution in [0.1, 0.15) is 0 Å². The highest BCUT2D eigenvalue weighted by atomic mass is 16.7. The van der Waals surface area contributed by atoms with Gasteiger partial charge in [-0.3, -0.25) is 9.59 Å². The maximum atomic E-state index is 13.0. The molecule has 3 aromatic carbocycles. The van der Waals surface area contributed by atoms with E-state index in [1.165, 1.54) is 33.5 Å². The van der Waals surface area contributed by atoms with Crippen molar-refractivity contribution in [2.24, 2.45) is 0 Å². The average molecular weight is 596 g/mol. The average Bonchev–Trinajstić information content (AvgIpc) is 3.01. The summed E-state index contributed by atoms with van der Waals surface area (Å²) in [5, 5.41) is 45.0. The number of aliphatic hydroxyl groups is 3. The van der Waals surface area contributed by atoms with Gasteiger partial charge in [0.15, 0.2) is 23.0 Å². The van der Waals surface area contributed by atoms with E-state index >= 15 is 0 Å². The summed E-state index contributed by atoms with van der Waals surface area (Å²) in [4.78, 5) is 26.0. The van der Waals surface area contributed by atoms with Gasteiger partial charge in [0.2, 0.25) is 12.0 Å². The van der Waals surface area contributed by atoms with Gasteiger partial charge in [-0.25, -0.2) is 0 Å².